The first-order valence-corrected chi connectivity index (χ1v) is 10.0. The van der Waals surface area contributed by atoms with Gasteiger partial charge in [-0.25, -0.2) is 0 Å². The molecule has 0 saturated heterocycles. The van der Waals surface area contributed by atoms with Crippen molar-refractivity contribution in [3.8, 4) is 0 Å². The molecule has 2 atom stereocenters. The summed E-state index contributed by atoms with van der Waals surface area (Å²) in [5, 5.41) is 6.54. The predicted molar refractivity (Wildman–Crippen MR) is 122 cm³/mol. The molecule has 2 unspecified atom stereocenters. The summed E-state index contributed by atoms with van der Waals surface area (Å²) in [4.78, 5) is 4.67. The van der Waals surface area contributed by atoms with E-state index in [9.17, 15) is 4.21 Å². The smallest absolute Gasteiger partial charge is 0.191 e. The summed E-state index contributed by atoms with van der Waals surface area (Å²) in [5.41, 5.74) is 2.58. The molecule has 6 heteroatoms. The van der Waals surface area contributed by atoms with Crippen molar-refractivity contribution in [1.29, 1.82) is 0 Å². The lowest BCUT2D eigenvalue weighted by Gasteiger charge is -2.19. The van der Waals surface area contributed by atoms with Gasteiger partial charge in [0.2, 0.25) is 0 Å². The second-order valence-corrected chi connectivity index (χ2v) is 9.45. The molecule has 0 aliphatic rings. The first kappa shape index (κ1) is 24.4. The van der Waals surface area contributed by atoms with Crippen LogP contribution in [0.5, 0.6) is 0 Å². The molecule has 0 bridgehead atoms. The number of halogens is 1. The molecule has 0 fully saturated rings. The van der Waals surface area contributed by atoms with Crippen LogP contribution in [0.2, 0.25) is 0 Å². The summed E-state index contributed by atoms with van der Waals surface area (Å²) in [6.45, 7) is 14.6. The fraction of sp³-hybridized carbons (Fsp3) is 0.632. The number of rotatable bonds is 7. The molecule has 1 aromatic carbocycles. The largest absolute Gasteiger partial charge is 0.357 e. The number of benzene rings is 1. The minimum Gasteiger partial charge on any atom is -0.357 e. The van der Waals surface area contributed by atoms with Crippen LogP contribution in [0.15, 0.2) is 29.3 Å². The monoisotopic (exact) mass is 479 g/mol. The quantitative estimate of drug-likeness (QED) is 0.355. The van der Waals surface area contributed by atoms with Crippen molar-refractivity contribution in [2.45, 2.75) is 52.2 Å². The lowest BCUT2D eigenvalue weighted by atomic mass is 10.00. The van der Waals surface area contributed by atoms with Crippen LogP contribution in [-0.4, -0.2) is 40.3 Å². The molecule has 0 aliphatic carbocycles. The van der Waals surface area contributed by atoms with E-state index in [2.05, 4.69) is 60.7 Å². The van der Waals surface area contributed by atoms with Crippen molar-refractivity contribution in [1.82, 2.24) is 10.6 Å². The molecule has 1 rings (SSSR count). The molecule has 25 heavy (non-hydrogen) atoms. The summed E-state index contributed by atoms with van der Waals surface area (Å²) in [5.74, 6) is 1.79. The van der Waals surface area contributed by atoms with Gasteiger partial charge in [-0.2, -0.15) is 0 Å². The third-order valence-electron chi connectivity index (χ3n) is 3.74. The minimum absolute atomic E-state index is 0. The van der Waals surface area contributed by atoms with Crippen molar-refractivity contribution in [2.24, 2.45) is 4.99 Å². The number of hydrogen-bond acceptors (Lipinski definition) is 2. The van der Waals surface area contributed by atoms with E-state index in [1.807, 2.05) is 20.8 Å². The SMILES string of the molecule is CCNC(=NCC(C)c1cccc(C)c1)NCCS(=O)C(C)(C)C.I. The van der Waals surface area contributed by atoms with Crippen molar-refractivity contribution in [2.75, 3.05) is 25.4 Å². The molecule has 0 radical (unpaired) electrons. The molecular weight excluding hydrogens is 445 g/mol. The molecule has 0 amide bonds. The number of aryl methyl sites for hydroxylation is 1. The van der Waals surface area contributed by atoms with Crippen LogP contribution in [0.4, 0.5) is 0 Å². The molecule has 2 N–H and O–H groups in total. The van der Waals surface area contributed by atoms with E-state index in [0.717, 1.165) is 19.0 Å². The Hall–Kier alpha value is -0.630. The topological polar surface area (TPSA) is 53.5 Å². The molecule has 0 saturated carbocycles. The molecule has 0 heterocycles. The van der Waals surface area contributed by atoms with Crippen LogP contribution < -0.4 is 10.6 Å². The van der Waals surface area contributed by atoms with Gasteiger partial charge in [0.1, 0.15) is 0 Å². The maximum Gasteiger partial charge on any atom is 0.191 e. The standard InChI is InChI=1S/C19H33N3OS.HI/c1-7-20-18(21-11-12-24(23)19(4,5)6)22-14-16(3)17-10-8-9-15(2)13-17;/h8-10,13,16H,7,11-12,14H2,1-6H3,(H2,20,21,22);1H. The molecule has 1 aromatic rings. The van der Waals surface area contributed by atoms with E-state index in [4.69, 9.17) is 0 Å². The average molecular weight is 479 g/mol. The zero-order chi connectivity index (χ0) is 18.2. The fourth-order valence-electron chi connectivity index (χ4n) is 2.22. The third-order valence-corrected chi connectivity index (χ3v) is 5.68. The second-order valence-electron chi connectivity index (χ2n) is 7.12. The highest BCUT2D eigenvalue weighted by atomic mass is 127. The van der Waals surface area contributed by atoms with Gasteiger partial charge in [0, 0.05) is 46.9 Å². The number of guanidine groups is 1. The number of hydrogen-bond donors (Lipinski definition) is 2. The molecule has 144 valence electrons. The van der Waals surface area contributed by atoms with Crippen LogP contribution in [-0.2, 0) is 10.8 Å². The van der Waals surface area contributed by atoms with Crippen LogP contribution in [0.1, 0.15) is 51.7 Å². The highest BCUT2D eigenvalue weighted by Gasteiger charge is 2.18. The van der Waals surface area contributed by atoms with Crippen molar-refractivity contribution >= 4 is 40.7 Å². The predicted octanol–water partition coefficient (Wildman–Crippen LogP) is 3.82. The van der Waals surface area contributed by atoms with E-state index in [1.54, 1.807) is 0 Å². The maximum absolute atomic E-state index is 12.1. The lowest BCUT2D eigenvalue weighted by molar-refractivity contribution is 0.647. The van der Waals surface area contributed by atoms with E-state index in [0.29, 0.717) is 18.2 Å². The van der Waals surface area contributed by atoms with Gasteiger partial charge in [-0.15, -0.1) is 24.0 Å². The van der Waals surface area contributed by atoms with Gasteiger partial charge in [-0.1, -0.05) is 36.8 Å². The van der Waals surface area contributed by atoms with E-state index in [-0.39, 0.29) is 28.7 Å². The molecule has 0 spiro atoms. The zero-order valence-electron chi connectivity index (χ0n) is 16.4. The van der Waals surface area contributed by atoms with Gasteiger partial charge < -0.3 is 10.6 Å². The first-order valence-electron chi connectivity index (χ1n) is 8.71. The van der Waals surface area contributed by atoms with Crippen LogP contribution >= 0.6 is 24.0 Å². The third kappa shape index (κ3) is 9.58. The van der Waals surface area contributed by atoms with Crippen molar-refractivity contribution in [3.05, 3.63) is 35.4 Å². The van der Waals surface area contributed by atoms with Crippen molar-refractivity contribution < 1.29 is 4.21 Å². The Morgan fingerprint density at radius 2 is 1.96 bits per heavy atom. The van der Waals surface area contributed by atoms with Gasteiger partial charge in [-0.05, 0) is 40.2 Å². The Morgan fingerprint density at radius 3 is 2.52 bits per heavy atom. The second kappa shape index (κ2) is 11.9. The first-order chi connectivity index (χ1) is 11.2. The Morgan fingerprint density at radius 1 is 1.28 bits per heavy atom. The summed E-state index contributed by atoms with van der Waals surface area (Å²) >= 11 is 0. The summed E-state index contributed by atoms with van der Waals surface area (Å²) < 4.78 is 11.9. The van der Waals surface area contributed by atoms with Crippen molar-refractivity contribution in [3.63, 3.8) is 0 Å². The summed E-state index contributed by atoms with van der Waals surface area (Å²) in [7, 11) is -0.848. The Balaban J connectivity index is 0.00000576. The van der Waals surface area contributed by atoms with E-state index < -0.39 is 10.8 Å². The molecule has 4 nitrogen and oxygen atoms in total. The Labute approximate surface area is 173 Å². The highest BCUT2D eigenvalue weighted by Crippen LogP contribution is 2.16. The lowest BCUT2D eigenvalue weighted by Crippen LogP contribution is -2.40. The van der Waals surface area contributed by atoms with Gasteiger partial charge in [0.05, 0.1) is 0 Å². The minimum atomic E-state index is -0.848. The number of nitrogens with zero attached hydrogens (tertiary/aromatic N) is 1. The number of aliphatic imine (C=N–C) groups is 1. The van der Waals surface area contributed by atoms with Gasteiger partial charge in [-0.3, -0.25) is 9.20 Å². The van der Waals surface area contributed by atoms with Crippen LogP contribution in [0.25, 0.3) is 0 Å². The van der Waals surface area contributed by atoms with Gasteiger partial charge in [0.25, 0.3) is 0 Å². The Bertz CT molecular complexity index is 570. The van der Waals surface area contributed by atoms with Gasteiger partial charge in [0.15, 0.2) is 5.96 Å². The van der Waals surface area contributed by atoms with E-state index in [1.165, 1.54) is 11.1 Å². The highest BCUT2D eigenvalue weighted by molar-refractivity contribution is 14.0. The normalized spacial score (nSPS) is 14.4. The van der Waals surface area contributed by atoms with Crippen LogP contribution in [0.3, 0.4) is 0 Å². The summed E-state index contributed by atoms with van der Waals surface area (Å²) in [6.07, 6.45) is 0. The molecule has 0 aliphatic heterocycles. The summed E-state index contributed by atoms with van der Waals surface area (Å²) in [6, 6.07) is 8.57. The Kier molecular flexibility index (Phi) is 11.6. The molecule has 0 aromatic heterocycles. The zero-order valence-corrected chi connectivity index (χ0v) is 19.5. The average Bonchev–Trinajstić information content (AvgIpc) is 2.51. The van der Waals surface area contributed by atoms with Gasteiger partial charge >= 0.3 is 0 Å². The maximum atomic E-state index is 12.1. The number of nitrogens with one attached hydrogen (secondary N) is 2. The fourth-order valence-corrected chi connectivity index (χ4v) is 3.12. The molecular formula is C19H34IN3OS. The van der Waals surface area contributed by atoms with Crippen LogP contribution in [0, 0.1) is 6.92 Å². The van der Waals surface area contributed by atoms with E-state index >= 15 is 0 Å².